The summed E-state index contributed by atoms with van der Waals surface area (Å²) in [7, 11) is 0. The zero-order chi connectivity index (χ0) is 14.1. The molecular formula is C17H17NO2S. The number of fused-ring (bicyclic) bond motifs is 2. The fraction of sp³-hybridized carbons (Fsp3) is 0.294. The van der Waals surface area contributed by atoms with Crippen molar-refractivity contribution in [1.82, 2.24) is 5.32 Å². The van der Waals surface area contributed by atoms with E-state index in [1.165, 1.54) is 21.8 Å². The summed E-state index contributed by atoms with van der Waals surface area (Å²) in [5.41, 5.74) is 2.72. The SMILES string of the molecule is c1ccc2c(c1)SCC2CNCc1ccc2c(c1)OCO2. The van der Waals surface area contributed by atoms with E-state index >= 15 is 0 Å². The molecule has 0 radical (unpaired) electrons. The predicted molar refractivity (Wildman–Crippen MR) is 84.2 cm³/mol. The molecule has 108 valence electrons. The Kier molecular flexibility index (Phi) is 3.49. The topological polar surface area (TPSA) is 30.5 Å². The fourth-order valence-electron chi connectivity index (χ4n) is 2.84. The molecule has 0 aliphatic carbocycles. The molecule has 0 saturated carbocycles. The second kappa shape index (κ2) is 5.62. The lowest BCUT2D eigenvalue weighted by molar-refractivity contribution is 0.174. The van der Waals surface area contributed by atoms with E-state index in [0.717, 1.165) is 24.6 Å². The molecule has 1 atom stereocenters. The van der Waals surface area contributed by atoms with Crippen molar-refractivity contribution >= 4 is 11.8 Å². The van der Waals surface area contributed by atoms with Crippen molar-refractivity contribution in [3.63, 3.8) is 0 Å². The Morgan fingerprint density at radius 3 is 3.00 bits per heavy atom. The summed E-state index contributed by atoms with van der Waals surface area (Å²) in [6.45, 7) is 2.21. The molecular weight excluding hydrogens is 282 g/mol. The molecule has 4 heteroatoms. The van der Waals surface area contributed by atoms with Gasteiger partial charge >= 0.3 is 0 Å². The quantitative estimate of drug-likeness (QED) is 0.937. The Bertz CT molecular complexity index is 659. The molecule has 2 aromatic carbocycles. The van der Waals surface area contributed by atoms with E-state index < -0.39 is 0 Å². The third-order valence-electron chi connectivity index (χ3n) is 3.96. The number of nitrogens with one attached hydrogen (secondary N) is 1. The summed E-state index contributed by atoms with van der Waals surface area (Å²) in [5, 5.41) is 3.57. The average Bonchev–Trinajstić information content (AvgIpc) is 3.14. The Morgan fingerprint density at radius 2 is 2.00 bits per heavy atom. The van der Waals surface area contributed by atoms with Crippen LogP contribution in [-0.4, -0.2) is 19.1 Å². The highest BCUT2D eigenvalue weighted by atomic mass is 32.2. The maximum absolute atomic E-state index is 5.41. The first kappa shape index (κ1) is 13.0. The van der Waals surface area contributed by atoms with E-state index in [-0.39, 0.29) is 0 Å². The van der Waals surface area contributed by atoms with Crippen LogP contribution in [0.4, 0.5) is 0 Å². The van der Waals surface area contributed by atoms with E-state index in [1.807, 2.05) is 17.8 Å². The standard InChI is InChI=1S/C17H17NO2S/c1-2-4-17-14(3-1)13(10-21-17)9-18-8-12-5-6-15-16(7-12)20-11-19-15/h1-7,13,18H,8-11H2. The minimum atomic E-state index is 0.336. The van der Waals surface area contributed by atoms with Crippen LogP contribution in [0.15, 0.2) is 47.4 Å². The molecule has 0 fully saturated rings. The van der Waals surface area contributed by atoms with E-state index in [9.17, 15) is 0 Å². The maximum Gasteiger partial charge on any atom is 0.231 e. The van der Waals surface area contributed by atoms with Crippen molar-refractivity contribution < 1.29 is 9.47 Å². The number of thioether (sulfide) groups is 1. The number of benzene rings is 2. The van der Waals surface area contributed by atoms with Gasteiger partial charge in [-0.25, -0.2) is 0 Å². The Balaban J connectivity index is 1.36. The molecule has 0 aromatic heterocycles. The molecule has 0 amide bonds. The number of hydrogen-bond acceptors (Lipinski definition) is 4. The van der Waals surface area contributed by atoms with E-state index in [1.54, 1.807) is 0 Å². The third kappa shape index (κ3) is 2.61. The van der Waals surface area contributed by atoms with E-state index in [4.69, 9.17) is 9.47 Å². The van der Waals surface area contributed by atoms with Crippen LogP contribution in [0.2, 0.25) is 0 Å². The Hall–Kier alpha value is -1.65. The normalized spacial score (nSPS) is 18.8. The lowest BCUT2D eigenvalue weighted by atomic mass is 10.0. The maximum atomic E-state index is 5.41. The van der Waals surface area contributed by atoms with Crippen LogP contribution in [0, 0.1) is 0 Å². The highest BCUT2D eigenvalue weighted by molar-refractivity contribution is 7.99. The van der Waals surface area contributed by atoms with Gasteiger partial charge in [0.25, 0.3) is 0 Å². The van der Waals surface area contributed by atoms with Crippen molar-refractivity contribution in [3.05, 3.63) is 53.6 Å². The van der Waals surface area contributed by atoms with Crippen LogP contribution in [0.25, 0.3) is 0 Å². The van der Waals surface area contributed by atoms with Crippen molar-refractivity contribution in [1.29, 1.82) is 0 Å². The van der Waals surface area contributed by atoms with E-state index in [0.29, 0.717) is 12.7 Å². The van der Waals surface area contributed by atoms with Crippen molar-refractivity contribution in [2.75, 3.05) is 19.1 Å². The van der Waals surface area contributed by atoms with Gasteiger partial charge in [0, 0.05) is 29.7 Å². The molecule has 21 heavy (non-hydrogen) atoms. The number of rotatable bonds is 4. The van der Waals surface area contributed by atoms with Crippen molar-refractivity contribution in [3.8, 4) is 11.5 Å². The number of ether oxygens (including phenoxy) is 2. The monoisotopic (exact) mass is 299 g/mol. The van der Waals surface area contributed by atoms with Gasteiger partial charge in [0.05, 0.1) is 0 Å². The van der Waals surface area contributed by atoms with Gasteiger partial charge in [0.1, 0.15) is 0 Å². The zero-order valence-corrected chi connectivity index (χ0v) is 12.5. The largest absolute Gasteiger partial charge is 0.454 e. The highest BCUT2D eigenvalue weighted by Gasteiger charge is 2.22. The summed E-state index contributed by atoms with van der Waals surface area (Å²) in [4.78, 5) is 1.44. The van der Waals surface area contributed by atoms with Gasteiger partial charge in [-0.2, -0.15) is 0 Å². The molecule has 4 rings (SSSR count). The van der Waals surface area contributed by atoms with Gasteiger partial charge in [-0.15, -0.1) is 11.8 Å². The molecule has 3 nitrogen and oxygen atoms in total. The summed E-state index contributed by atoms with van der Waals surface area (Å²) in [6.07, 6.45) is 0. The fourth-order valence-corrected chi connectivity index (χ4v) is 4.09. The molecule has 2 aliphatic heterocycles. The molecule has 2 heterocycles. The van der Waals surface area contributed by atoms with Crippen LogP contribution < -0.4 is 14.8 Å². The van der Waals surface area contributed by atoms with Crippen LogP contribution in [0.5, 0.6) is 11.5 Å². The zero-order valence-electron chi connectivity index (χ0n) is 11.7. The second-order valence-electron chi connectivity index (χ2n) is 5.36. The van der Waals surface area contributed by atoms with Crippen LogP contribution in [-0.2, 0) is 6.54 Å². The van der Waals surface area contributed by atoms with Crippen LogP contribution in [0.1, 0.15) is 17.0 Å². The van der Waals surface area contributed by atoms with Gasteiger partial charge in [0.15, 0.2) is 11.5 Å². The Labute approximate surface area is 128 Å². The molecule has 1 N–H and O–H groups in total. The van der Waals surface area contributed by atoms with E-state index in [2.05, 4.69) is 41.7 Å². The number of hydrogen-bond donors (Lipinski definition) is 1. The molecule has 0 bridgehead atoms. The first-order chi connectivity index (χ1) is 10.4. The summed E-state index contributed by atoms with van der Waals surface area (Å²) in [5.74, 6) is 3.49. The van der Waals surface area contributed by atoms with Crippen LogP contribution in [0.3, 0.4) is 0 Å². The van der Waals surface area contributed by atoms with Gasteiger partial charge in [0.2, 0.25) is 6.79 Å². The summed E-state index contributed by atoms with van der Waals surface area (Å²) < 4.78 is 10.7. The Morgan fingerprint density at radius 1 is 1.10 bits per heavy atom. The summed E-state index contributed by atoms with van der Waals surface area (Å²) in [6, 6.07) is 14.9. The molecule has 0 spiro atoms. The predicted octanol–water partition coefficient (Wildman–Crippen LogP) is 3.39. The van der Waals surface area contributed by atoms with Crippen molar-refractivity contribution in [2.45, 2.75) is 17.4 Å². The summed E-state index contributed by atoms with van der Waals surface area (Å²) >= 11 is 1.96. The van der Waals surface area contributed by atoms with Gasteiger partial charge in [-0.05, 0) is 29.3 Å². The van der Waals surface area contributed by atoms with Crippen LogP contribution >= 0.6 is 11.8 Å². The smallest absolute Gasteiger partial charge is 0.231 e. The van der Waals surface area contributed by atoms with Gasteiger partial charge < -0.3 is 14.8 Å². The molecule has 2 aromatic rings. The van der Waals surface area contributed by atoms with Gasteiger partial charge in [-0.3, -0.25) is 0 Å². The van der Waals surface area contributed by atoms with Crippen molar-refractivity contribution in [2.24, 2.45) is 0 Å². The minimum absolute atomic E-state index is 0.336. The highest BCUT2D eigenvalue weighted by Crippen LogP contribution is 2.39. The lowest BCUT2D eigenvalue weighted by Gasteiger charge is -2.12. The third-order valence-corrected chi connectivity index (χ3v) is 5.21. The molecule has 0 saturated heterocycles. The first-order valence-corrected chi connectivity index (χ1v) is 8.20. The lowest BCUT2D eigenvalue weighted by Crippen LogP contribution is -2.21. The second-order valence-corrected chi connectivity index (χ2v) is 6.43. The molecule has 2 aliphatic rings. The van der Waals surface area contributed by atoms with Gasteiger partial charge in [-0.1, -0.05) is 24.3 Å². The average molecular weight is 299 g/mol. The minimum Gasteiger partial charge on any atom is -0.454 e. The molecule has 1 unspecified atom stereocenters. The first-order valence-electron chi connectivity index (χ1n) is 7.21.